The predicted molar refractivity (Wildman–Crippen MR) is 53.0 cm³/mol. The third-order valence-electron chi connectivity index (χ3n) is 4.02. The normalized spacial score (nSPS) is 42.6. The maximum absolute atomic E-state index is 8.84. The first-order valence-electron chi connectivity index (χ1n) is 4.93. The molecule has 0 spiro atoms. The van der Waals surface area contributed by atoms with E-state index >= 15 is 0 Å². The van der Waals surface area contributed by atoms with Gasteiger partial charge in [0.25, 0.3) is 0 Å². The molecule has 2 fully saturated rings. The molecule has 0 aliphatic heterocycles. The molecule has 0 bridgehead atoms. The van der Waals surface area contributed by atoms with Crippen molar-refractivity contribution in [2.24, 2.45) is 33.5 Å². The summed E-state index contributed by atoms with van der Waals surface area (Å²) in [4.78, 5) is 0. The van der Waals surface area contributed by atoms with Gasteiger partial charge in [0.2, 0.25) is 0 Å². The lowest BCUT2D eigenvalue weighted by Crippen LogP contribution is -2.24. The predicted octanol–water partition coefficient (Wildman–Crippen LogP) is 1.96. The number of hydrogen-bond donors (Lipinski definition) is 2. The van der Waals surface area contributed by atoms with Crippen LogP contribution >= 0.6 is 0 Å². The fourth-order valence-corrected chi connectivity index (χ4v) is 3.06. The summed E-state index contributed by atoms with van der Waals surface area (Å²) in [6, 6.07) is 0. The van der Waals surface area contributed by atoms with E-state index in [1.54, 1.807) is 6.92 Å². The highest BCUT2D eigenvalue weighted by atomic mass is 16.4. The second-order valence-corrected chi connectivity index (χ2v) is 4.97. The Morgan fingerprint density at radius 1 is 1.43 bits per heavy atom. The van der Waals surface area contributed by atoms with Gasteiger partial charge >= 0.3 is 0 Å². The van der Waals surface area contributed by atoms with Crippen LogP contribution in [-0.4, -0.2) is 21.8 Å². The van der Waals surface area contributed by atoms with Gasteiger partial charge < -0.3 is 10.4 Å². The molecular weight excluding hydrogens is 180 g/mol. The number of nitrogens with zero attached hydrogens (tertiary/aromatic N) is 2. The number of fused-ring (bicyclic) bond motifs is 1. The average Bonchev–Trinajstić information content (AvgIpc) is 2.57. The molecule has 14 heavy (non-hydrogen) atoms. The van der Waals surface area contributed by atoms with E-state index in [9.17, 15) is 0 Å². The van der Waals surface area contributed by atoms with E-state index in [2.05, 4.69) is 24.2 Å². The van der Waals surface area contributed by atoms with E-state index in [-0.39, 0.29) is 5.92 Å². The first kappa shape index (κ1) is 9.49. The zero-order valence-electron chi connectivity index (χ0n) is 8.73. The summed E-state index contributed by atoms with van der Waals surface area (Å²) in [7, 11) is 0. The highest BCUT2D eigenvalue weighted by molar-refractivity contribution is 6.09. The molecule has 2 aliphatic carbocycles. The summed E-state index contributed by atoms with van der Waals surface area (Å²) in [5.41, 5.74) is 1.75. The van der Waals surface area contributed by atoms with Gasteiger partial charge in [-0.2, -0.15) is 0 Å². The molecule has 2 N–H and O–H groups in total. The van der Waals surface area contributed by atoms with Crippen molar-refractivity contribution in [3.05, 3.63) is 0 Å². The van der Waals surface area contributed by atoms with Crippen molar-refractivity contribution in [2.45, 2.75) is 27.2 Å². The van der Waals surface area contributed by atoms with E-state index in [1.807, 2.05) is 0 Å². The van der Waals surface area contributed by atoms with Crippen molar-refractivity contribution in [2.75, 3.05) is 0 Å². The number of hydrogen-bond acceptors (Lipinski definition) is 4. The van der Waals surface area contributed by atoms with E-state index in [0.29, 0.717) is 23.0 Å². The Bertz CT molecular complexity index is 320. The fraction of sp³-hybridized carbons (Fsp3) is 0.800. The Morgan fingerprint density at radius 2 is 2.07 bits per heavy atom. The second-order valence-electron chi connectivity index (χ2n) is 4.97. The monoisotopic (exact) mass is 196 g/mol. The van der Waals surface area contributed by atoms with Crippen molar-refractivity contribution in [1.82, 2.24) is 0 Å². The molecular formula is C10H16N2O2. The molecule has 3 atom stereocenters. The Labute approximate surface area is 83.3 Å². The Balaban J connectivity index is 2.28. The fourth-order valence-electron chi connectivity index (χ4n) is 3.06. The van der Waals surface area contributed by atoms with Gasteiger partial charge in [-0.3, -0.25) is 0 Å². The molecule has 2 rings (SSSR count). The zero-order chi connectivity index (χ0) is 10.5. The second kappa shape index (κ2) is 2.72. The van der Waals surface area contributed by atoms with Gasteiger partial charge in [0.15, 0.2) is 0 Å². The Kier molecular flexibility index (Phi) is 1.84. The van der Waals surface area contributed by atoms with E-state index in [1.165, 1.54) is 0 Å². The quantitative estimate of drug-likeness (QED) is 0.382. The van der Waals surface area contributed by atoms with E-state index in [4.69, 9.17) is 10.4 Å². The molecule has 0 heterocycles. The molecule has 0 aromatic heterocycles. The van der Waals surface area contributed by atoms with E-state index in [0.717, 1.165) is 12.1 Å². The van der Waals surface area contributed by atoms with Gasteiger partial charge in [-0.25, -0.2) is 0 Å². The van der Waals surface area contributed by atoms with Crippen LogP contribution in [0, 0.1) is 23.2 Å². The third kappa shape index (κ3) is 0.996. The summed E-state index contributed by atoms with van der Waals surface area (Å²) in [5.74, 6) is 1.13. The molecule has 0 radical (unpaired) electrons. The van der Waals surface area contributed by atoms with Crippen LogP contribution in [0.25, 0.3) is 0 Å². The Morgan fingerprint density at radius 3 is 2.57 bits per heavy atom. The first-order chi connectivity index (χ1) is 6.54. The highest BCUT2D eigenvalue weighted by Gasteiger charge is 2.67. The van der Waals surface area contributed by atoms with Crippen molar-refractivity contribution in [1.29, 1.82) is 0 Å². The van der Waals surface area contributed by atoms with Crippen molar-refractivity contribution < 1.29 is 10.4 Å². The highest BCUT2D eigenvalue weighted by Crippen LogP contribution is 2.68. The topological polar surface area (TPSA) is 65.2 Å². The molecule has 78 valence electrons. The summed E-state index contributed by atoms with van der Waals surface area (Å²) < 4.78 is 0. The molecule has 4 heteroatoms. The van der Waals surface area contributed by atoms with E-state index < -0.39 is 0 Å². The molecule has 2 saturated carbocycles. The maximum atomic E-state index is 8.84. The summed E-state index contributed by atoms with van der Waals surface area (Å²) in [6.07, 6.45) is 0.839. The van der Waals surface area contributed by atoms with Gasteiger partial charge in [-0.15, -0.1) is 0 Å². The lowest BCUT2D eigenvalue weighted by molar-refractivity contribution is 0.308. The Hall–Kier alpha value is -1.06. The van der Waals surface area contributed by atoms with Crippen LogP contribution in [0.3, 0.4) is 0 Å². The molecule has 0 unspecified atom stereocenters. The van der Waals surface area contributed by atoms with Gasteiger partial charge in [0, 0.05) is 5.92 Å². The number of rotatable bonds is 1. The van der Waals surface area contributed by atoms with Crippen LogP contribution in [-0.2, 0) is 0 Å². The first-order valence-corrected chi connectivity index (χ1v) is 4.93. The van der Waals surface area contributed by atoms with Crippen LogP contribution < -0.4 is 0 Å². The molecule has 0 saturated heterocycles. The standard InChI is InChI=1S/C10H16N2O2/c1-5(11-13)8-7(12-14)4-6-9(8)10(6,2)3/h6,8-9,13-14H,4H2,1-3H3/b11-5+,12-7+/t6-,8+,9+/m0/s1. The molecule has 0 aromatic carbocycles. The largest absolute Gasteiger partial charge is 0.411 e. The molecule has 4 nitrogen and oxygen atoms in total. The minimum atomic E-state index is 0.0463. The molecule has 0 amide bonds. The van der Waals surface area contributed by atoms with Crippen LogP contribution in [0.2, 0.25) is 0 Å². The summed E-state index contributed by atoms with van der Waals surface area (Å²) >= 11 is 0. The minimum absolute atomic E-state index is 0.0463. The SMILES string of the molecule is C/C(=N\O)[C@@H]1/C(=N/O)C[C@H]2[C@H]1C2(C)C. The third-order valence-corrected chi connectivity index (χ3v) is 4.02. The lowest BCUT2D eigenvalue weighted by Gasteiger charge is -2.17. The average molecular weight is 196 g/mol. The van der Waals surface area contributed by atoms with Crippen LogP contribution in [0.1, 0.15) is 27.2 Å². The van der Waals surface area contributed by atoms with Crippen molar-refractivity contribution >= 4 is 11.4 Å². The van der Waals surface area contributed by atoms with Gasteiger partial charge in [0.1, 0.15) is 0 Å². The van der Waals surface area contributed by atoms with Crippen LogP contribution in [0.15, 0.2) is 10.3 Å². The van der Waals surface area contributed by atoms with Crippen LogP contribution in [0.4, 0.5) is 0 Å². The summed E-state index contributed by atoms with van der Waals surface area (Å²) in [5, 5.41) is 24.2. The zero-order valence-corrected chi connectivity index (χ0v) is 8.73. The minimum Gasteiger partial charge on any atom is -0.411 e. The molecule has 0 aromatic rings. The number of oxime groups is 2. The van der Waals surface area contributed by atoms with Crippen molar-refractivity contribution in [3.63, 3.8) is 0 Å². The maximum Gasteiger partial charge on any atom is 0.0665 e. The molecule has 2 aliphatic rings. The van der Waals surface area contributed by atoms with Gasteiger partial charge in [0.05, 0.1) is 11.4 Å². The lowest BCUT2D eigenvalue weighted by atomic mass is 9.88. The van der Waals surface area contributed by atoms with Gasteiger partial charge in [-0.05, 0) is 30.6 Å². The van der Waals surface area contributed by atoms with Gasteiger partial charge in [-0.1, -0.05) is 24.2 Å². The van der Waals surface area contributed by atoms with Crippen molar-refractivity contribution in [3.8, 4) is 0 Å². The summed E-state index contributed by atoms with van der Waals surface area (Å²) in [6.45, 7) is 6.22. The smallest absolute Gasteiger partial charge is 0.0665 e. The van der Waals surface area contributed by atoms with Crippen LogP contribution in [0.5, 0.6) is 0 Å².